The Labute approximate surface area is 182 Å². The van der Waals surface area contributed by atoms with Crippen molar-refractivity contribution in [2.75, 3.05) is 22.9 Å². The molecule has 0 aliphatic carbocycles. The predicted molar refractivity (Wildman–Crippen MR) is 123 cm³/mol. The topological polar surface area (TPSA) is 26.7 Å². The molecule has 0 unspecified atom stereocenters. The van der Waals surface area contributed by atoms with Gasteiger partial charge >= 0.3 is 0 Å². The molecule has 144 valence electrons. The number of halogens is 2. The van der Waals surface area contributed by atoms with Crippen LogP contribution in [0.3, 0.4) is 0 Å². The van der Waals surface area contributed by atoms with Gasteiger partial charge in [0.15, 0.2) is 0 Å². The van der Waals surface area contributed by atoms with Gasteiger partial charge in [0, 0.05) is 39.0 Å². The van der Waals surface area contributed by atoms with Gasteiger partial charge < -0.3 is 14.9 Å². The first-order chi connectivity index (χ1) is 13.4. The van der Waals surface area contributed by atoms with E-state index in [4.69, 9.17) is 0 Å². The molecule has 0 saturated carbocycles. The number of benzene rings is 3. The molecular weight excluding hydrogens is 480 g/mol. The summed E-state index contributed by atoms with van der Waals surface area (Å²) >= 11 is 7.10. The molecule has 1 aliphatic rings. The molecule has 3 nitrogen and oxygen atoms in total. The van der Waals surface area contributed by atoms with Crippen LogP contribution < -0.4 is 9.80 Å². The lowest BCUT2D eigenvalue weighted by Crippen LogP contribution is -2.31. The maximum absolute atomic E-state index is 10.8. The van der Waals surface area contributed by atoms with Crippen molar-refractivity contribution < 1.29 is 5.11 Å². The zero-order chi connectivity index (χ0) is 19.8. The summed E-state index contributed by atoms with van der Waals surface area (Å²) in [6, 6.07) is 20.9. The maximum Gasteiger partial charge on any atom is 0.132 e. The number of hydrogen-bond acceptors (Lipinski definition) is 3. The van der Waals surface area contributed by atoms with E-state index in [1.807, 2.05) is 6.07 Å². The van der Waals surface area contributed by atoms with Crippen LogP contribution in [0.5, 0.6) is 5.75 Å². The second-order valence-corrected chi connectivity index (χ2v) is 8.97. The molecule has 0 amide bonds. The third-order valence-corrected chi connectivity index (χ3v) is 7.03. The molecule has 1 aliphatic heterocycles. The van der Waals surface area contributed by atoms with E-state index in [0.717, 1.165) is 27.6 Å². The summed E-state index contributed by atoms with van der Waals surface area (Å²) in [7, 11) is 0. The second-order valence-electron chi connectivity index (χ2n) is 7.26. The summed E-state index contributed by atoms with van der Waals surface area (Å²) in [6.07, 6.45) is -0.0898. The number of hydrogen-bond donors (Lipinski definition) is 1. The summed E-state index contributed by atoms with van der Waals surface area (Å²) in [4.78, 5) is 4.73. The first-order valence-corrected chi connectivity index (χ1v) is 10.9. The van der Waals surface area contributed by atoms with Crippen LogP contribution in [0.25, 0.3) is 0 Å². The molecular formula is C23H22Br2N2O. The minimum atomic E-state index is -0.0898. The molecule has 1 saturated heterocycles. The lowest BCUT2D eigenvalue weighted by Gasteiger charge is -2.34. The molecule has 3 aromatic rings. The average molecular weight is 502 g/mol. The SMILES string of the molecule is Cc1cccc(N2CCN(c3cccc(C)c3)C2c2cc(Br)c(Br)cc2O)c1. The van der Waals surface area contributed by atoms with E-state index in [-0.39, 0.29) is 11.9 Å². The molecule has 3 aromatic carbocycles. The lowest BCUT2D eigenvalue weighted by atomic mass is 10.1. The number of aryl methyl sites for hydroxylation is 2. The monoisotopic (exact) mass is 500 g/mol. The third-order valence-electron chi connectivity index (χ3n) is 5.19. The Morgan fingerprint density at radius 3 is 1.79 bits per heavy atom. The van der Waals surface area contributed by atoms with Crippen molar-refractivity contribution in [2.24, 2.45) is 0 Å². The van der Waals surface area contributed by atoms with Gasteiger partial charge in [0.25, 0.3) is 0 Å². The van der Waals surface area contributed by atoms with Gasteiger partial charge in [-0.05, 0) is 93.2 Å². The van der Waals surface area contributed by atoms with Gasteiger partial charge in [0.05, 0.1) is 0 Å². The number of nitrogens with zero attached hydrogens (tertiary/aromatic N) is 2. The molecule has 0 radical (unpaired) electrons. The summed E-state index contributed by atoms with van der Waals surface area (Å²) in [5.41, 5.74) is 5.67. The Hall–Kier alpha value is -1.98. The number of aromatic hydroxyl groups is 1. The first-order valence-electron chi connectivity index (χ1n) is 9.28. The van der Waals surface area contributed by atoms with Crippen molar-refractivity contribution in [3.63, 3.8) is 0 Å². The van der Waals surface area contributed by atoms with E-state index >= 15 is 0 Å². The highest BCUT2D eigenvalue weighted by atomic mass is 79.9. The number of anilines is 2. The van der Waals surface area contributed by atoms with E-state index in [2.05, 4.69) is 104 Å². The Morgan fingerprint density at radius 2 is 1.29 bits per heavy atom. The zero-order valence-corrected chi connectivity index (χ0v) is 19.0. The largest absolute Gasteiger partial charge is 0.507 e. The molecule has 0 aromatic heterocycles. The lowest BCUT2D eigenvalue weighted by molar-refractivity contribution is 0.461. The molecule has 5 heteroatoms. The van der Waals surface area contributed by atoms with Crippen LogP contribution in [0.15, 0.2) is 69.6 Å². The Morgan fingerprint density at radius 1 is 0.786 bits per heavy atom. The van der Waals surface area contributed by atoms with E-state index in [9.17, 15) is 5.11 Å². The van der Waals surface area contributed by atoms with Crippen LogP contribution in [0.1, 0.15) is 22.9 Å². The van der Waals surface area contributed by atoms with Crippen LogP contribution in [0, 0.1) is 13.8 Å². The fourth-order valence-corrected chi connectivity index (χ4v) is 4.57. The average Bonchev–Trinajstić information content (AvgIpc) is 3.09. The van der Waals surface area contributed by atoms with Crippen LogP contribution in [0.4, 0.5) is 11.4 Å². The minimum absolute atomic E-state index is 0.0898. The van der Waals surface area contributed by atoms with Crippen molar-refractivity contribution >= 4 is 43.2 Å². The highest BCUT2D eigenvalue weighted by Crippen LogP contribution is 2.43. The minimum Gasteiger partial charge on any atom is -0.507 e. The van der Waals surface area contributed by atoms with Gasteiger partial charge in [0.1, 0.15) is 11.9 Å². The highest BCUT2D eigenvalue weighted by Gasteiger charge is 2.35. The summed E-state index contributed by atoms with van der Waals surface area (Å²) in [6.45, 7) is 5.99. The molecule has 28 heavy (non-hydrogen) atoms. The van der Waals surface area contributed by atoms with Crippen molar-refractivity contribution in [3.8, 4) is 5.75 Å². The molecule has 0 bridgehead atoms. The van der Waals surface area contributed by atoms with E-state index in [1.54, 1.807) is 6.07 Å². The quantitative estimate of drug-likeness (QED) is 0.440. The normalized spacial score (nSPS) is 14.7. The third kappa shape index (κ3) is 3.65. The Balaban J connectivity index is 1.85. The van der Waals surface area contributed by atoms with Gasteiger partial charge in [-0.1, -0.05) is 24.3 Å². The fourth-order valence-electron chi connectivity index (χ4n) is 3.88. The number of rotatable bonds is 3. The van der Waals surface area contributed by atoms with E-state index in [1.165, 1.54) is 22.5 Å². The summed E-state index contributed by atoms with van der Waals surface area (Å²) in [5, 5.41) is 10.8. The predicted octanol–water partition coefficient (Wildman–Crippen LogP) is 6.56. The van der Waals surface area contributed by atoms with Gasteiger partial charge in [-0.25, -0.2) is 0 Å². The van der Waals surface area contributed by atoms with Gasteiger partial charge in [-0.3, -0.25) is 0 Å². The first kappa shape index (κ1) is 19.3. The van der Waals surface area contributed by atoms with Crippen LogP contribution in [-0.2, 0) is 0 Å². The van der Waals surface area contributed by atoms with Crippen molar-refractivity contribution in [1.29, 1.82) is 0 Å². The van der Waals surface area contributed by atoms with E-state index in [0.29, 0.717) is 0 Å². The van der Waals surface area contributed by atoms with Crippen LogP contribution in [0.2, 0.25) is 0 Å². The maximum atomic E-state index is 10.8. The van der Waals surface area contributed by atoms with Crippen molar-refractivity contribution in [1.82, 2.24) is 0 Å². The van der Waals surface area contributed by atoms with Crippen LogP contribution in [-0.4, -0.2) is 18.2 Å². The van der Waals surface area contributed by atoms with Gasteiger partial charge in [-0.2, -0.15) is 0 Å². The molecule has 0 spiro atoms. The standard InChI is InChI=1S/C23H22Br2N2O/c1-15-5-3-7-17(11-15)26-9-10-27(18-8-4-6-16(2)12-18)23(26)19-13-20(24)21(25)14-22(19)28/h3-8,11-14,23,28H,9-10H2,1-2H3. The molecule has 1 heterocycles. The van der Waals surface area contributed by atoms with Crippen molar-refractivity contribution in [3.05, 3.63) is 86.3 Å². The highest BCUT2D eigenvalue weighted by molar-refractivity contribution is 9.13. The van der Waals surface area contributed by atoms with E-state index < -0.39 is 0 Å². The Kier molecular flexibility index (Phi) is 5.39. The summed E-state index contributed by atoms with van der Waals surface area (Å²) < 4.78 is 1.77. The van der Waals surface area contributed by atoms with Crippen molar-refractivity contribution in [2.45, 2.75) is 20.0 Å². The molecule has 1 N–H and O–H groups in total. The summed E-state index contributed by atoms with van der Waals surface area (Å²) in [5.74, 6) is 0.289. The Bertz CT molecular complexity index is 968. The second kappa shape index (κ2) is 7.80. The molecule has 0 atom stereocenters. The zero-order valence-electron chi connectivity index (χ0n) is 15.9. The number of phenols is 1. The van der Waals surface area contributed by atoms with Gasteiger partial charge in [0.2, 0.25) is 0 Å². The fraction of sp³-hybridized carbons (Fsp3) is 0.217. The smallest absolute Gasteiger partial charge is 0.132 e. The van der Waals surface area contributed by atoms with Gasteiger partial charge in [-0.15, -0.1) is 0 Å². The number of phenolic OH excluding ortho intramolecular Hbond substituents is 1. The molecule has 4 rings (SSSR count). The van der Waals surface area contributed by atoms with Crippen LogP contribution >= 0.6 is 31.9 Å². The molecule has 1 fully saturated rings.